The van der Waals surface area contributed by atoms with Crippen LogP contribution in [0.3, 0.4) is 0 Å². The maximum Gasteiger partial charge on any atom is 0.241 e. The third-order valence-corrected chi connectivity index (χ3v) is 2.12. The van der Waals surface area contributed by atoms with Crippen LogP contribution in [0, 0.1) is 0 Å². The van der Waals surface area contributed by atoms with Crippen molar-refractivity contribution in [3.8, 4) is 0 Å². The Morgan fingerprint density at radius 1 is 1.50 bits per heavy atom. The molecule has 0 saturated carbocycles. The molecule has 1 aromatic rings. The number of carbonyl (C=O) groups is 2. The van der Waals surface area contributed by atoms with Gasteiger partial charge in [-0.25, -0.2) is 0 Å². The first-order chi connectivity index (χ1) is 7.69. The Morgan fingerprint density at radius 2 is 2.19 bits per heavy atom. The van der Waals surface area contributed by atoms with E-state index in [9.17, 15) is 9.59 Å². The lowest BCUT2D eigenvalue weighted by Gasteiger charge is -2.23. The summed E-state index contributed by atoms with van der Waals surface area (Å²) >= 11 is 5.33. The summed E-state index contributed by atoms with van der Waals surface area (Å²) in [5, 5.41) is -0.502. The topological polar surface area (TPSA) is 46.6 Å². The van der Waals surface area contributed by atoms with E-state index in [1.54, 1.807) is 29.2 Å². The van der Waals surface area contributed by atoms with E-state index < -0.39 is 5.24 Å². The molecule has 0 saturated heterocycles. The third kappa shape index (κ3) is 3.32. The van der Waals surface area contributed by atoms with Gasteiger partial charge in [0.05, 0.1) is 6.54 Å². The number of hydrogen-bond donors (Lipinski definition) is 0. The molecule has 0 aliphatic carbocycles. The van der Waals surface area contributed by atoms with E-state index in [1.807, 2.05) is 0 Å². The van der Waals surface area contributed by atoms with Gasteiger partial charge in [-0.05, 0) is 23.7 Å². The molecule has 0 fully saturated rings. The van der Waals surface area contributed by atoms with Crippen LogP contribution in [-0.4, -0.2) is 31.9 Å². The van der Waals surface area contributed by atoms with Crippen LogP contribution in [-0.2, 0) is 9.53 Å². The van der Waals surface area contributed by atoms with E-state index in [0.717, 1.165) is 6.29 Å². The number of halogens is 1. The van der Waals surface area contributed by atoms with Crippen molar-refractivity contribution in [1.29, 1.82) is 0 Å². The molecule has 4 nitrogen and oxygen atoms in total. The molecule has 0 aromatic heterocycles. The van der Waals surface area contributed by atoms with Crippen molar-refractivity contribution in [2.24, 2.45) is 0 Å². The first-order valence-electron chi connectivity index (χ1n) is 4.65. The molecule has 0 amide bonds. The highest BCUT2D eigenvalue weighted by Gasteiger charge is 2.12. The van der Waals surface area contributed by atoms with Crippen LogP contribution >= 0.6 is 11.6 Å². The standard InChI is InChI=1S/C11H12ClNO3/c1-16-8-13(6-11(12)15)10-5-3-2-4-9(10)7-14/h2-5,7H,6,8H2,1H3. The van der Waals surface area contributed by atoms with Crippen molar-refractivity contribution in [2.45, 2.75) is 0 Å². The summed E-state index contributed by atoms with van der Waals surface area (Å²) in [5.74, 6) is 0. The minimum atomic E-state index is -0.502. The highest BCUT2D eigenvalue weighted by molar-refractivity contribution is 6.64. The number of nitrogens with zero attached hydrogens (tertiary/aromatic N) is 1. The first-order valence-corrected chi connectivity index (χ1v) is 5.03. The largest absolute Gasteiger partial charge is 0.364 e. The molecular formula is C11H12ClNO3. The number of anilines is 1. The van der Waals surface area contributed by atoms with Crippen molar-refractivity contribution in [2.75, 3.05) is 25.3 Å². The number of benzene rings is 1. The molecule has 0 N–H and O–H groups in total. The van der Waals surface area contributed by atoms with Gasteiger partial charge < -0.3 is 9.64 Å². The van der Waals surface area contributed by atoms with Gasteiger partial charge in [-0.1, -0.05) is 12.1 Å². The molecule has 0 atom stereocenters. The summed E-state index contributed by atoms with van der Waals surface area (Å²) in [6, 6.07) is 6.94. The first kappa shape index (κ1) is 12.7. The van der Waals surface area contributed by atoms with E-state index >= 15 is 0 Å². The second-order valence-corrected chi connectivity index (χ2v) is 3.57. The number of rotatable bonds is 6. The average Bonchev–Trinajstić information content (AvgIpc) is 2.28. The van der Waals surface area contributed by atoms with Crippen LogP contribution in [0.15, 0.2) is 24.3 Å². The number of methoxy groups -OCH3 is 1. The number of para-hydroxylation sites is 1. The van der Waals surface area contributed by atoms with Gasteiger partial charge in [0.1, 0.15) is 6.73 Å². The van der Waals surface area contributed by atoms with Gasteiger partial charge in [0.2, 0.25) is 5.24 Å². The Hall–Kier alpha value is -1.39. The Kier molecular flexibility index (Phi) is 4.95. The van der Waals surface area contributed by atoms with Gasteiger partial charge in [-0.3, -0.25) is 9.59 Å². The van der Waals surface area contributed by atoms with Gasteiger partial charge in [-0.2, -0.15) is 0 Å². The summed E-state index contributed by atoms with van der Waals surface area (Å²) in [5.41, 5.74) is 1.13. The van der Waals surface area contributed by atoms with E-state index in [4.69, 9.17) is 16.3 Å². The maximum absolute atomic E-state index is 10.9. The molecule has 1 rings (SSSR count). The lowest BCUT2D eigenvalue weighted by atomic mass is 10.2. The molecule has 0 heterocycles. The van der Waals surface area contributed by atoms with Gasteiger partial charge in [0.15, 0.2) is 6.29 Å². The fourth-order valence-electron chi connectivity index (χ4n) is 1.38. The highest BCUT2D eigenvalue weighted by atomic mass is 35.5. The highest BCUT2D eigenvalue weighted by Crippen LogP contribution is 2.18. The normalized spacial score (nSPS) is 9.88. The summed E-state index contributed by atoms with van der Waals surface area (Å²) in [4.78, 5) is 23.3. The van der Waals surface area contributed by atoms with Gasteiger partial charge in [-0.15, -0.1) is 0 Å². The molecule has 0 aliphatic rings. The molecule has 16 heavy (non-hydrogen) atoms. The molecule has 0 unspecified atom stereocenters. The number of hydrogen-bond acceptors (Lipinski definition) is 4. The molecule has 0 radical (unpaired) electrons. The minimum absolute atomic E-state index is 0.000247. The van der Waals surface area contributed by atoms with E-state index in [-0.39, 0.29) is 13.3 Å². The maximum atomic E-state index is 10.9. The zero-order valence-corrected chi connectivity index (χ0v) is 9.61. The summed E-state index contributed by atoms with van der Waals surface area (Å²) in [6.07, 6.45) is 0.733. The van der Waals surface area contributed by atoms with Crippen molar-refractivity contribution < 1.29 is 14.3 Å². The summed E-state index contributed by atoms with van der Waals surface area (Å²) in [7, 11) is 1.51. The second kappa shape index (κ2) is 6.25. The molecule has 0 aliphatic heterocycles. The van der Waals surface area contributed by atoms with Crippen molar-refractivity contribution in [1.82, 2.24) is 0 Å². The van der Waals surface area contributed by atoms with Crippen LogP contribution < -0.4 is 4.90 Å². The lowest BCUT2D eigenvalue weighted by Crippen LogP contribution is -2.30. The SMILES string of the molecule is COCN(CC(=O)Cl)c1ccccc1C=O. The smallest absolute Gasteiger partial charge is 0.241 e. The number of ether oxygens (including phenoxy) is 1. The number of aldehydes is 1. The average molecular weight is 242 g/mol. The predicted molar refractivity (Wildman–Crippen MR) is 61.9 cm³/mol. The Labute approximate surface area is 98.8 Å². The third-order valence-electron chi connectivity index (χ3n) is 2.00. The van der Waals surface area contributed by atoms with Gasteiger partial charge >= 0.3 is 0 Å². The van der Waals surface area contributed by atoms with Gasteiger partial charge in [0, 0.05) is 18.4 Å². The zero-order valence-electron chi connectivity index (χ0n) is 8.85. The van der Waals surface area contributed by atoms with Crippen LogP contribution in [0.25, 0.3) is 0 Å². The van der Waals surface area contributed by atoms with Crippen molar-refractivity contribution >= 4 is 28.8 Å². The quantitative estimate of drug-likeness (QED) is 0.432. The molecule has 5 heteroatoms. The monoisotopic (exact) mass is 241 g/mol. The zero-order chi connectivity index (χ0) is 12.0. The van der Waals surface area contributed by atoms with Gasteiger partial charge in [0.25, 0.3) is 0 Å². The summed E-state index contributed by atoms with van der Waals surface area (Å²) in [6.45, 7) is 0.198. The van der Waals surface area contributed by atoms with E-state index in [2.05, 4.69) is 0 Å². The summed E-state index contributed by atoms with van der Waals surface area (Å²) < 4.78 is 4.96. The van der Waals surface area contributed by atoms with E-state index in [1.165, 1.54) is 7.11 Å². The van der Waals surface area contributed by atoms with Crippen LogP contribution in [0.4, 0.5) is 5.69 Å². The van der Waals surface area contributed by atoms with Crippen LogP contribution in [0.2, 0.25) is 0 Å². The predicted octanol–water partition coefficient (Wildman–Crippen LogP) is 1.67. The molecule has 0 bridgehead atoms. The van der Waals surface area contributed by atoms with E-state index in [0.29, 0.717) is 11.3 Å². The fraction of sp³-hybridized carbons (Fsp3) is 0.273. The Morgan fingerprint density at radius 3 is 2.75 bits per heavy atom. The molecule has 86 valence electrons. The molecule has 1 aromatic carbocycles. The Bertz CT molecular complexity index is 381. The van der Waals surface area contributed by atoms with Crippen molar-refractivity contribution in [3.63, 3.8) is 0 Å². The molecule has 0 spiro atoms. The van der Waals surface area contributed by atoms with Crippen molar-refractivity contribution in [3.05, 3.63) is 29.8 Å². The fourth-order valence-corrected chi connectivity index (χ4v) is 1.53. The second-order valence-electron chi connectivity index (χ2n) is 3.15. The lowest BCUT2D eigenvalue weighted by molar-refractivity contribution is -0.110. The number of carbonyl (C=O) groups excluding carboxylic acids is 2. The van der Waals surface area contributed by atoms with Crippen LogP contribution in [0.5, 0.6) is 0 Å². The minimum Gasteiger partial charge on any atom is -0.364 e. The van der Waals surface area contributed by atoms with Crippen LogP contribution in [0.1, 0.15) is 10.4 Å². The Balaban J connectivity index is 2.99. The molecular weight excluding hydrogens is 230 g/mol.